The first-order valence-electron chi connectivity index (χ1n) is 6.48. The summed E-state index contributed by atoms with van der Waals surface area (Å²) in [5.74, 6) is -1.00. The van der Waals surface area contributed by atoms with Gasteiger partial charge in [-0.05, 0) is 38.3 Å². The number of carbonyl (C=O) groups excluding carboxylic acids is 1. The molecule has 0 spiro atoms. The summed E-state index contributed by atoms with van der Waals surface area (Å²) in [5.41, 5.74) is 0.474. The van der Waals surface area contributed by atoms with Crippen LogP contribution in [-0.2, 0) is 4.74 Å². The number of amides is 1. The van der Waals surface area contributed by atoms with E-state index in [-0.39, 0.29) is 11.5 Å². The van der Waals surface area contributed by atoms with Crippen molar-refractivity contribution < 1.29 is 19.4 Å². The van der Waals surface area contributed by atoms with E-state index in [9.17, 15) is 14.7 Å². The van der Waals surface area contributed by atoms with E-state index >= 15 is 0 Å². The summed E-state index contributed by atoms with van der Waals surface area (Å²) in [6.07, 6.45) is -0.659. The molecule has 0 aliphatic rings. The van der Waals surface area contributed by atoms with Crippen molar-refractivity contribution in [2.24, 2.45) is 0 Å². The van der Waals surface area contributed by atoms with Crippen LogP contribution in [0.2, 0.25) is 0 Å². The number of aromatic carboxylic acids is 1. The summed E-state index contributed by atoms with van der Waals surface area (Å²) in [4.78, 5) is 23.1. The van der Waals surface area contributed by atoms with Crippen LogP contribution >= 0.6 is 0 Å². The van der Waals surface area contributed by atoms with E-state index in [0.717, 1.165) is 5.56 Å². The van der Waals surface area contributed by atoms with Crippen molar-refractivity contribution in [3.8, 4) is 0 Å². The number of hydrogen-bond donors (Lipinski definition) is 2. The van der Waals surface area contributed by atoms with E-state index in [1.165, 1.54) is 6.07 Å². The van der Waals surface area contributed by atoms with Crippen molar-refractivity contribution in [2.75, 3.05) is 5.32 Å². The Bertz CT molecular complexity index is 515. The van der Waals surface area contributed by atoms with Crippen molar-refractivity contribution in [3.63, 3.8) is 0 Å². The molecule has 0 atom stereocenters. The van der Waals surface area contributed by atoms with E-state index in [2.05, 4.69) is 5.32 Å². The maximum absolute atomic E-state index is 11.9. The quantitative estimate of drug-likeness (QED) is 0.881. The molecule has 1 aromatic rings. The van der Waals surface area contributed by atoms with Crippen LogP contribution in [0.5, 0.6) is 0 Å². The Labute approximate surface area is 118 Å². The highest BCUT2D eigenvalue weighted by Crippen LogP contribution is 2.28. The second kappa shape index (κ2) is 5.94. The van der Waals surface area contributed by atoms with Crippen LogP contribution < -0.4 is 5.32 Å². The van der Waals surface area contributed by atoms with Gasteiger partial charge >= 0.3 is 12.1 Å². The average molecular weight is 279 g/mol. The fraction of sp³-hybridized carbons (Fsp3) is 0.467. The van der Waals surface area contributed by atoms with Gasteiger partial charge in [-0.2, -0.15) is 0 Å². The molecule has 1 rings (SSSR count). The number of anilines is 1. The lowest BCUT2D eigenvalue weighted by Gasteiger charge is -2.22. The van der Waals surface area contributed by atoms with Crippen molar-refractivity contribution in [3.05, 3.63) is 29.3 Å². The summed E-state index contributed by atoms with van der Waals surface area (Å²) >= 11 is 0. The van der Waals surface area contributed by atoms with Gasteiger partial charge in [0, 0.05) is 0 Å². The molecule has 0 aromatic heterocycles. The number of ether oxygens (including phenoxy) is 1. The first kappa shape index (κ1) is 16.0. The number of carboxylic acids is 1. The molecule has 20 heavy (non-hydrogen) atoms. The summed E-state index contributed by atoms with van der Waals surface area (Å²) in [6, 6.07) is 4.92. The summed E-state index contributed by atoms with van der Waals surface area (Å²) in [5, 5.41) is 11.8. The van der Waals surface area contributed by atoms with Crippen molar-refractivity contribution in [2.45, 2.75) is 46.1 Å². The Morgan fingerprint density at radius 2 is 1.85 bits per heavy atom. The van der Waals surface area contributed by atoms with Crippen LogP contribution in [0.1, 0.15) is 56.5 Å². The fourth-order valence-corrected chi connectivity index (χ4v) is 1.77. The van der Waals surface area contributed by atoms with Gasteiger partial charge in [0.15, 0.2) is 0 Å². The molecule has 0 bridgehead atoms. The standard InChI is InChI=1S/C15H21NO4/c1-9(2)10-7-6-8-11(13(17)18)12(10)16-14(19)20-15(3,4)5/h6-9H,1-5H3,(H,16,19)(H,17,18). The SMILES string of the molecule is CC(C)c1cccc(C(=O)O)c1NC(=O)OC(C)(C)C. The molecule has 1 aromatic carbocycles. The minimum atomic E-state index is -1.08. The third-order valence-corrected chi connectivity index (χ3v) is 2.58. The van der Waals surface area contributed by atoms with Gasteiger partial charge in [-0.1, -0.05) is 26.0 Å². The topological polar surface area (TPSA) is 75.6 Å². The normalized spacial score (nSPS) is 11.3. The number of rotatable bonds is 3. The molecule has 1 amide bonds. The molecule has 0 aliphatic heterocycles. The Hall–Kier alpha value is -2.04. The maximum Gasteiger partial charge on any atom is 0.412 e. The van der Waals surface area contributed by atoms with Crippen LogP contribution in [0.4, 0.5) is 10.5 Å². The Morgan fingerprint density at radius 3 is 2.30 bits per heavy atom. The predicted molar refractivity (Wildman–Crippen MR) is 77.3 cm³/mol. The van der Waals surface area contributed by atoms with E-state index in [1.807, 2.05) is 13.8 Å². The van der Waals surface area contributed by atoms with Crippen LogP contribution in [-0.4, -0.2) is 22.8 Å². The van der Waals surface area contributed by atoms with Gasteiger partial charge in [0.1, 0.15) is 5.60 Å². The number of benzene rings is 1. The van der Waals surface area contributed by atoms with E-state index in [1.54, 1.807) is 32.9 Å². The van der Waals surface area contributed by atoms with Crippen LogP contribution in [0.15, 0.2) is 18.2 Å². The van der Waals surface area contributed by atoms with Crippen LogP contribution in [0, 0.1) is 0 Å². The van der Waals surface area contributed by atoms with Crippen molar-refractivity contribution >= 4 is 17.7 Å². The second-order valence-electron chi connectivity index (χ2n) is 5.86. The number of hydrogen-bond acceptors (Lipinski definition) is 3. The highest BCUT2D eigenvalue weighted by molar-refractivity contribution is 6.00. The smallest absolute Gasteiger partial charge is 0.412 e. The van der Waals surface area contributed by atoms with Crippen molar-refractivity contribution in [1.82, 2.24) is 0 Å². The van der Waals surface area contributed by atoms with Gasteiger partial charge in [0.05, 0.1) is 11.3 Å². The van der Waals surface area contributed by atoms with E-state index < -0.39 is 17.7 Å². The minimum absolute atomic E-state index is 0.0575. The van der Waals surface area contributed by atoms with Gasteiger partial charge in [-0.25, -0.2) is 9.59 Å². The van der Waals surface area contributed by atoms with Gasteiger partial charge in [0.25, 0.3) is 0 Å². The summed E-state index contributed by atoms with van der Waals surface area (Å²) < 4.78 is 5.17. The highest BCUT2D eigenvalue weighted by atomic mass is 16.6. The molecular formula is C15H21NO4. The molecule has 110 valence electrons. The predicted octanol–water partition coefficient (Wildman–Crippen LogP) is 3.86. The molecule has 0 aliphatic carbocycles. The summed E-state index contributed by atoms with van der Waals surface area (Å²) in [7, 11) is 0. The monoisotopic (exact) mass is 279 g/mol. The lowest BCUT2D eigenvalue weighted by molar-refractivity contribution is 0.0635. The molecular weight excluding hydrogens is 258 g/mol. The molecule has 0 fully saturated rings. The zero-order valence-corrected chi connectivity index (χ0v) is 12.5. The lowest BCUT2D eigenvalue weighted by Crippen LogP contribution is -2.28. The molecule has 0 heterocycles. The number of carboxylic acid groups (broad SMARTS) is 1. The largest absolute Gasteiger partial charge is 0.478 e. The summed E-state index contributed by atoms with van der Waals surface area (Å²) in [6.45, 7) is 9.11. The van der Waals surface area contributed by atoms with Crippen LogP contribution in [0.25, 0.3) is 0 Å². The third-order valence-electron chi connectivity index (χ3n) is 2.58. The minimum Gasteiger partial charge on any atom is -0.478 e. The maximum atomic E-state index is 11.9. The zero-order chi connectivity index (χ0) is 15.5. The van der Waals surface area contributed by atoms with Gasteiger partial charge in [-0.15, -0.1) is 0 Å². The first-order chi connectivity index (χ1) is 9.11. The van der Waals surface area contributed by atoms with E-state index in [0.29, 0.717) is 5.69 Å². The van der Waals surface area contributed by atoms with E-state index in [4.69, 9.17) is 4.74 Å². The van der Waals surface area contributed by atoms with Gasteiger partial charge in [-0.3, -0.25) is 5.32 Å². The molecule has 0 radical (unpaired) electrons. The number of para-hydroxylation sites is 1. The molecule has 0 unspecified atom stereocenters. The molecule has 0 saturated heterocycles. The fourth-order valence-electron chi connectivity index (χ4n) is 1.77. The Kier molecular flexibility index (Phi) is 4.76. The Balaban J connectivity index is 3.14. The Morgan fingerprint density at radius 1 is 1.25 bits per heavy atom. The average Bonchev–Trinajstić information content (AvgIpc) is 2.25. The molecule has 0 saturated carbocycles. The van der Waals surface area contributed by atoms with Gasteiger partial charge in [0.2, 0.25) is 0 Å². The third kappa shape index (κ3) is 4.26. The molecule has 5 nitrogen and oxygen atoms in total. The van der Waals surface area contributed by atoms with Crippen molar-refractivity contribution in [1.29, 1.82) is 0 Å². The van der Waals surface area contributed by atoms with Gasteiger partial charge < -0.3 is 9.84 Å². The number of nitrogens with one attached hydrogen (secondary N) is 1. The lowest BCUT2D eigenvalue weighted by atomic mass is 9.97. The zero-order valence-electron chi connectivity index (χ0n) is 12.5. The number of carbonyl (C=O) groups is 2. The molecule has 2 N–H and O–H groups in total. The highest BCUT2D eigenvalue weighted by Gasteiger charge is 2.21. The van der Waals surface area contributed by atoms with Crippen LogP contribution in [0.3, 0.4) is 0 Å². The second-order valence-corrected chi connectivity index (χ2v) is 5.86. The molecule has 5 heteroatoms. The first-order valence-corrected chi connectivity index (χ1v) is 6.48.